The Morgan fingerprint density at radius 3 is 2.48 bits per heavy atom. The number of carbonyl (C=O) groups excluding carboxylic acids is 1. The first-order valence-electron chi connectivity index (χ1n) is 9.13. The Bertz CT molecular complexity index is 982. The Morgan fingerprint density at radius 1 is 1.15 bits per heavy atom. The van der Waals surface area contributed by atoms with Gasteiger partial charge in [0.25, 0.3) is 5.91 Å². The second-order valence-electron chi connectivity index (χ2n) is 6.78. The summed E-state index contributed by atoms with van der Waals surface area (Å²) in [6.45, 7) is 4.30. The molecule has 0 saturated heterocycles. The minimum absolute atomic E-state index is 0.364. The lowest BCUT2D eigenvalue weighted by Gasteiger charge is -2.19. The molecule has 138 valence electrons. The standard InChI is InChI=1S/C22H24N4O/c1-3-14(2)13-17-19(21(27)26-22(23)24)16-11-7-8-12-18(16)25-20(17)15-9-5-4-6-10-15/h4-12,14H,3,13H2,1-2H3,(H4,23,24,26,27). The van der Waals surface area contributed by atoms with Crippen LogP contribution in [-0.4, -0.2) is 16.9 Å². The lowest BCUT2D eigenvalue weighted by Crippen LogP contribution is -2.36. The number of nitrogens with one attached hydrogen (secondary N) is 2. The molecule has 0 spiro atoms. The van der Waals surface area contributed by atoms with E-state index in [2.05, 4.69) is 19.2 Å². The SMILES string of the molecule is CCC(C)Cc1c(-c2ccccc2)nc2ccccc2c1C(=O)NC(=N)N. The van der Waals surface area contributed by atoms with E-state index in [1.165, 1.54) is 0 Å². The largest absolute Gasteiger partial charge is 0.370 e. The Morgan fingerprint density at radius 2 is 1.81 bits per heavy atom. The third-order valence-corrected chi connectivity index (χ3v) is 4.77. The summed E-state index contributed by atoms with van der Waals surface area (Å²) in [7, 11) is 0. The number of rotatable bonds is 5. The van der Waals surface area contributed by atoms with Gasteiger partial charge in [-0.05, 0) is 24.0 Å². The predicted octanol–water partition coefficient (Wildman–Crippen LogP) is 4.11. The molecule has 0 fully saturated rings. The Hall–Kier alpha value is -3.21. The summed E-state index contributed by atoms with van der Waals surface area (Å²) in [5.74, 6) is -0.340. The van der Waals surface area contributed by atoms with Crippen LogP contribution in [0.25, 0.3) is 22.2 Å². The summed E-state index contributed by atoms with van der Waals surface area (Å²) in [5.41, 5.74) is 9.41. The molecule has 1 aromatic heterocycles. The van der Waals surface area contributed by atoms with Crippen LogP contribution < -0.4 is 11.1 Å². The van der Waals surface area contributed by atoms with Gasteiger partial charge < -0.3 is 5.73 Å². The Kier molecular flexibility index (Phi) is 5.50. The molecule has 0 aliphatic carbocycles. The lowest BCUT2D eigenvalue weighted by molar-refractivity contribution is 0.0977. The average molecular weight is 360 g/mol. The average Bonchev–Trinajstić information content (AvgIpc) is 2.67. The number of nitrogens with two attached hydrogens (primary N) is 1. The molecular weight excluding hydrogens is 336 g/mol. The zero-order chi connectivity index (χ0) is 19.4. The van der Waals surface area contributed by atoms with Gasteiger partial charge in [-0.15, -0.1) is 0 Å². The fourth-order valence-electron chi connectivity index (χ4n) is 3.22. The number of amides is 1. The molecule has 0 saturated carbocycles. The van der Waals surface area contributed by atoms with E-state index in [9.17, 15) is 4.79 Å². The van der Waals surface area contributed by atoms with Crippen molar-refractivity contribution in [1.29, 1.82) is 5.41 Å². The predicted molar refractivity (Wildman–Crippen MR) is 110 cm³/mol. The number of guanidine groups is 1. The number of aromatic nitrogens is 1. The molecule has 4 N–H and O–H groups in total. The quantitative estimate of drug-likeness (QED) is 0.472. The van der Waals surface area contributed by atoms with Crippen molar-refractivity contribution in [3.05, 3.63) is 65.7 Å². The summed E-state index contributed by atoms with van der Waals surface area (Å²) in [5, 5.41) is 10.7. The van der Waals surface area contributed by atoms with Crippen molar-refractivity contribution in [1.82, 2.24) is 10.3 Å². The van der Waals surface area contributed by atoms with Crippen LogP contribution in [0.4, 0.5) is 0 Å². The second kappa shape index (κ2) is 7.99. The Labute approximate surface area is 159 Å². The second-order valence-corrected chi connectivity index (χ2v) is 6.78. The molecule has 27 heavy (non-hydrogen) atoms. The molecule has 0 aliphatic rings. The zero-order valence-corrected chi connectivity index (χ0v) is 15.6. The first-order chi connectivity index (χ1) is 13.0. The molecule has 3 rings (SSSR count). The van der Waals surface area contributed by atoms with Crippen molar-refractivity contribution in [2.24, 2.45) is 11.7 Å². The monoisotopic (exact) mass is 360 g/mol. The van der Waals surface area contributed by atoms with Crippen LogP contribution in [-0.2, 0) is 6.42 Å². The number of nitrogens with zero attached hydrogens (tertiary/aromatic N) is 1. The van der Waals surface area contributed by atoms with Crippen molar-refractivity contribution in [2.75, 3.05) is 0 Å². The number of pyridine rings is 1. The van der Waals surface area contributed by atoms with Gasteiger partial charge in [-0.25, -0.2) is 4.98 Å². The van der Waals surface area contributed by atoms with Crippen molar-refractivity contribution in [2.45, 2.75) is 26.7 Å². The van der Waals surface area contributed by atoms with Gasteiger partial charge in [-0.1, -0.05) is 68.8 Å². The highest BCUT2D eigenvalue weighted by Gasteiger charge is 2.22. The minimum atomic E-state index is -0.364. The van der Waals surface area contributed by atoms with Crippen LogP contribution in [0.2, 0.25) is 0 Å². The summed E-state index contributed by atoms with van der Waals surface area (Å²) >= 11 is 0. The number of benzene rings is 2. The van der Waals surface area contributed by atoms with E-state index in [0.717, 1.165) is 40.6 Å². The topological polar surface area (TPSA) is 91.9 Å². The van der Waals surface area contributed by atoms with Crippen molar-refractivity contribution >= 4 is 22.8 Å². The molecule has 2 aromatic carbocycles. The van der Waals surface area contributed by atoms with Crippen molar-refractivity contribution < 1.29 is 4.79 Å². The van der Waals surface area contributed by atoms with Crippen LogP contribution in [0.1, 0.15) is 36.2 Å². The normalized spacial score (nSPS) is 11.9. The molecule has 1 heterocycles. The zero-order valence-electron chi connectivity index (χ0n) is 15.6. The maximum atomic E-state index is 13.0. The molecule has 5 heteroatoms. The number of para-hydroxylation sites is 1. The third kappa shape index (κ3) is 3.97. The first-order valence-corrected chi connectivity index (χ1v) is 9.13. The van der Waals surface area contributed by atoms with E-state index < -0.39 is 0 Å². The molecule has 1 atom stereocenters. The van der Waals surface area contributed by atoms with E-state index in [0.29, 0.717) is 11.5 Å². The third-order valence-electron chi connectivity index (χ3n) is 4.77. The van der Waals surface area contributed by atoms with E-state index in [-0.39, 0.29) is 11.9 Å². The smallest absolute Gasteiger partial charge is 0.258 e. The minimum Gasteiger partial charge on any atom is -0.370 e. The van der Waals surface area contributed by atoms with Crippen molar-refractivity contribution in [3.8, 4) is 11.3 Å². The maximum Gasteiger partial charge on any atom is 0.258 e. The molecule has 1 amide bonds. The van der Waals surface area contributed by atoms with E-state index in [4.69, 9.17) is 16.1 Å². The number of hydrogen-bond acceptors (Lipinski definition) is 3. The van der Waals surface area contributed by atoms with Gasteiger partial charge in [0.15, 0.2) is 5.96 Å². The van der Waals surface area contributed by atoms with Gasteiger partial charge in [0, 0.05) is 10.9 Å². The highest BCUT2D eigenvalue weighted by Crippen LogP contribution is 2.32. The molecule has 3 aromatic rings. The summed E-state index contributed by atoms with van der Waals surface area (Å²) in [6, 6.07) is 17.5. The van der Waals surface area contributed by atoms with Crippen LogP contribution in [0, 0.1) is 11.3 Å². The van der Waals surface area contributed by atoms with Crippen molar-refractivity contribution in [3.63, 3.8) is 0 Å². The van der Waals surface area contributed by atoms with Gasteiger partial charge in [0.1, 0.15) is 0 Å². The van der Waals surface area contributed by atoms with Crippen LogP contribution in [0.3, 0.4) is 0 Å². The molecule has 0 radical (unpaired) electrons. The highest BCUT2D eigenvalue weighted by atomic mass is 16.1. The van der Waals surface area contributed by atoms with E-state index in [1.807, 2.05) is 54.6 Å². The Balaban J connectivity index is 2.34. The van der Waals surface area contributed by atoms with Gasteiger partial charge in [-0.3, -0.25) is 15.5 Å². The molecule has 0 aliphatic heterocycles. The number of carbonyl (C=O) groups is 1. The number of hydrogen-bond donors (Lipinski definition) is 3. The lowest BCUT2D eigenvalue weighted by atomic mass is 9.89. The van der Waals surface area contributed by atoms with Crippen LogP contribution in [0.5, 0.6) is 0 Å². The van der Waals surface area contributed by atoms with Gasteiger partial charge in [0.05, 0.1) is 16.8 Å². The van der Waals surface area contributed by atoms with Gasteiger partial charge in [0.2, 0.25) is 0 Å². The summed E-state index contributed by atoms with van der Waals surface area (Å²) < 4.78 is 0. The van der Waals surface area contributed by atoms with Crippen LogP contribution >= 0.6 is 0 Å². The molecular formula is C22H24N4O. The molecule has 5 nitrogen and oxygen atoms in total. The van der Waals surface area contributed by atoms with Crippen LogP contribution in [0.15, 0.2) is 54.6 Å². The fourth-order valence-corrected chi connectivity index (χ4v) is 3.22. The number of fused-ring (bicyclic) bond motifs is 1. The summed E-state index contributed by atoms with van der Waals surface area (Å²) in [6.07, 6.45) is 1.72. The maximum absolute atomic E-state index is 13.0. The molecule has 1 unspecified atom stereocenters. The highest BCUT2D eigenvalue weighted by molar-refractivity contribution is 6.13. The fraction of sp³-hybridized carbons (Fsp3) is 0.227. The summed E-state index contributed by atoms with van der Waals surface area (Å²) in [4.78, 5) is 17.9. The van der Waals surface area contributed by atoms with Gasteiger partial charge in [-0.2, -0.15) is 0 Å². The van der Waals surface area contributed by atoms with E-state index >= 15 is 0 Å². The van der Waals surface area contributed by atoms with E-state index in [1.54, 1.807) is 0 Å². The van der Waals surface area contributed by atoms with Gasteiger partial charge >= 0.3 is 0 Å². The first kappa shape index (κ1) is 18.6. The molecule has 0 bridgehead atoms.